The van der Waals surface area contributed by atoms with Crippen LogP contribution in [-0.2, 0) is 9.59 Å². The number of carboxylic acids is 1. The maximum absolute atomic E-state index is 13.0. The summed E-state index contributed by atoms with van der Waals surface area (Å²) in [5.41, 5.74) is -0.234. The zero-order chi connectivity index (χ0) is 14.9. The third kappa shape index (κ3) is 2.76. The number of anilines is 1. The molecule has 4 nitrogen and oxygen atoms in total. The molecule has 1 aromatic rings. The molecular weight excluding hydrogens is 275 g/mol. The van der Waals surface area contributed by atoms with Crippen molar-refractivity contribution in [3.05, 3.63) is 29.6 Å². The Morgan fingerprint density at radius 3 is 2.20 bits per heavy atom. The summed E-state index contributed by atoms with van der Waals surface area (Å²) in [5.74, 6) is -7.69. The molecule has 1 fully saturated rings. The molecule has 0 heterocycles. The van der Waals surface area contributed by atoms with Gasteiger partial charge in [0, 0.05) is 17.8 Å². The van der Waals surface area contributed by atoms with Crippen LogP contribution in [0.4, 0.5) is 18.9 Å². The molecule has 0 aromatic heterocycles. The van der Waals surface area contributed by atoms with Gasteiger partial charge in [-0.3, -0.25) is 9.59 Å². The predicted octanol–water partition coefficient (Wildman–Crippen LogP) is 2.54. The highest BCUT2D eigenvalue weighted by Crippen LogP contribution is 2.33. The van der Waals surface area contributed by atoms with Gasteiger partial charge in [-0.15, -0.1) is 0 Å². The number of benzene rings is 1. The molecule has 1 aliphatic rings. The smallest absolute Gasteiger partial charge is 0.307 e. The first kappa shape index (κ1) is 14.4. The molecule has 0 spiro atoms. The highest BCUT2D eigenvalue weighted by atomic mass is 19.2. The summed E-state index contributed by atoms with van der Waals surface area (Å²) in [6, 6.07) is 1.31. The summed E-state index contributed by atoms with van der Waals surface area (Å²) in [7, 11) is 0. The fraction of sp³-hybridized carbons (Fsp3) is 0.385. The summed E-state index contributed by atoms with van der Waals surface area (Å²) < 4.78 is 38.8. The van der Waals surface area contributed by atoms with Crippen LogP contribution in [0.3, 0.4) is 0 Å². The second kappa shape index (κ2) is 5.52. The molecule has 7 heteroatoms. The van der Waals surface area contributed by atoms with Gasteiger partial charge < -0.3 is 10.4 Å². The lowest BCUT2D eigenvalue weighted by molar-refractivity contribution is -0.145. The zero-order valence-corrected chi connectivity index (χ0v) is 10.3. The number of rotatable bonds is 3. The van der Waals surface area contributed by atoms with Gasteiger partial charge in [0.05, 0.1) is 11.8 Å². The van der Waals surface area contributed by atoms with Gasteiger partial charge in [0.2, 0.25) is 5.91 Å². The van der Waals surface area contributed by atoms with E-state index in [0.29, 0.717) is 31.4 Å². The van der Waals surface area contributed by atoms with Gasteiger partial charge in [-0.05, 0) is 12.8 Å². The molecule has 2 rings (SSSR count). The molecule has 0 unspecified atom stereocenters. The second-order valence-electron chi connectivity index (χ2n) is 4.73. The number of carbonyl (C=O) groups excluding carboxylic acids is 1. The standard InChI is InChI=1S/C13H12F3NO3/c14-9-4-6(5-10(15)11(9)16)17-12(18)7-2-1-3-8(7)13(19)20/h4-5,7-8H,1-3H2,(H,17,18)(H,19,20)/t7-,8+/m1/s1. The minimum atomic E-state index is -1.62. The lowest BCUT2D eigenvalue weighted by Gasteiger charge is -2.15. The van der Waals surface area contributed by atoms with Crippen LogP contribution in [0.15, 0.2) is 12.1 Å². The van der Waals surface area contributed by atoms with E-state index in [1.165, 1.54) is 0 Å². The summed E-state index contributed by atoms with van der Waals surface area (Å²) in [5, 5.41) is 11.2. The Bertz CT molecular complexity index is 539. The van der Waals surface area contributed by atoms with Gasteiger partial charge in [-0.1, -0.05) is 6.42 Å². The zero-order valence-electron chi connectivity index (χ0n) is 10.3. The SMILES string of the molecule is O=C(O)[C@H]1CCC[C@H]1C(=O)Nc1cc(F)c(F)c(F)c1. The van der Waals surface area contributed by atoms with Gasteiger partial charge in [0.25, 0.3) is 0 Å². The lowest BCUT2D eigenvalue weighted by Crippen LogP contribution is -2.30. The molecule has 1 amide bonds. The quantitative estimate of drug-likeness (QED) is 0.840. The lowest BCUT2D eigenvalue weighted by atomic mass is 9.95. The van der Waals surface area contributed by atoms with Crippen molar-refractivity contribution in [1.29, 1.82) is 0 Å². The monoisotopic (exact) mass is 287 g/mol. The van der Waals surface area contributed by atoms with Gasteiger partial charge in [0.1, 0.15) is 0 Å². The fourth-order valence-electron chi connectivity index (χ4n) is 2.43. The molecule has 0 bridgehead atoms. The third-order valence-corrected chi connectivity index (χ3v) is 3.42. The van der Waals surface area contributed by atoms with E-state index in [2.05, 4.69) is 5.32 Å². The predicted molar refractivity (Wildman–Crippen MR) is 63.4 cm³/mol. The molecule has 0 aliphatic heterocycles. The summed E-state index contributed by atoms with van der Waals surface area (Å²) >= 11 is 0. The third-order valence-electron chi connectivity index (χ3n) is 3.42. The number of carboxylic acid groups (broad SMARTS) is 1. The van der Waals surface area contributed by atoms with Crippen LogP contribution in [0, 0.1) is 29.3 Å². The van der Waals surface area contributed by atoms with Crippen molar-refractivity contribution in [1.82, 2.24) is 0 Å². The van der Waals surface area contributed by atoms with E-state index in [1.807, 2.05) is 0 Å². The van der Waals surface area contributed by atoms with E-state index in [0.717, 1.165) is 0 Å². The summed E-state index contributed by atoms with van der Waals surface area (Å²) in [6.45, 7) is 0. The van der Waals surface area contributed by atoms with Gasteiger partial charge in [0.15, 0.2) is 17.5 Å². The number of amides is 1. The number of aliphatic carboxylic acids is 1. The maximum Gasteiger partial charge on any atom is 0.307 e. The first-order valence-electron chi connectivity index (χ1n) is 6.08. The molecule has 1 aromatic carbocycles. The Balaban J connectivity index is 2.14. The van der Waals surface area contributed by atoms with Crippen LogP contribution in [0.1, 0.15) is 19.3 Å². The van der Waals surface area contributed by atoms with Gasteiger partial charge in [-0.25, -0.2) is 13.2 Å². The minimum Gasteiger partial charge on any atom is -0.481 e. The molecule has 2 N–H and O–H groups in total. The van der Waals surface area contributed by atoms with Gasteiger partial charge in [-0.2, -0.15) is 0 Å². The molecule has 0 radical (unpaired) electrons. The van der Waals surface area contributed by atoms with Crippen LogP contribution in [0.25, 0.3) is 0 Å². The first-order valence-corrected chi connectivity index (χ1v) is 6.08. The van der Waals surface area contributed by atoms with E-state index in [-0.39, 0.29) is 5.69 Å². The van der Waals surface area contributed by atoms with Crippen LogP contribution in [0.2, 0.25) is 0 Å². The van der Waals surface area contributed by atoms with Crippen molar-refractivity contribution < 1.29 is 27.9 Å². The van der Waals surface area contributed by atoms with E-state index in [9.17, 15) is 22.8 Å². The van der Waals surface area contributed by atoms with Crippen LogP contribution >= 0.6 is 0 Å². The molecule has 2 atom stereocenters. The number of halogens is 3. The Morgan fingerprint density at radius 2 is 1.65 bits per heavy atom. The van der Waals surface area contributed by atoms with Crippen molar-refractivity contribution in [2.45, 2.75) is 19.3 Å². The number of hydrogen-bond donors (Lipinski definition) is 2. The Kier molecular flexibility index (Phi) is 3.96. The van der Waals surface area contributed by atoms with E-state index >= 15 is 0 Å². The summed E-state index contributed by atoms with van der Waals surface area (Å²) in [6.07, 6.45) is 1.38. The highest BCUT2D eigenvalue weighted by molar-refractivity contribution is 5.95. The molecule has 1 aliphatic carbocycles. The van der Waals surface area contributed by atoms with Crippen LogP contribution in [0.5, 0.6) is 0 Å². The number of carbonyl (C=O) groups is 2. The largest absolute Gasteiger partial charge is 0.481 e. The fourth-order valence-corrected chi connectivity index (χ4v) is 2.43. The van der Waals surface area contributed by atoms with Crippen molar-refractivity contribution >= 4 is 17.6 Å². The van der Waals surface area contributed by atoms with Crippen molar-refractivity contribution in [3.63, 3.8) is 0 Å². The van der Waals surface area contributed by atoms with Crippen molar-refractivity contribution in [2.75, 3.05) is 5.32 Å². The van der Waals surface area contributed by atoms with Gasteiger partial charge >= 0.3 is 5.97 Å². The normalized spacial score (nSPS) is 21.8. The molecular formula is C13H12F3NO3. The van der Waals surface area contributed by atoms with Crippen molar-refractivity contribution in [2.24, 2.45) is 11.8 Å². The minimum absolute atomic E-state index is 0.234. The number of hydrogen-bond acceptors (Lipinski definition) is 2. The molecule has 0 saturated heterocycles. The van der Waals surface area contributed by atoms with Crippen molar-refractivity contribution in [3.8, 4) is 0 Å². The Morgan fingerprint density at radius 1 is 1.10 bits per heavy atom. The summed E-state index contributed by atoms with van der Waals surface area (Å²) in [4.78, 5) is 22.9. The van der Waals surface area contributed by atoms with E-state index in [4.69, 9.17) is 5.11 Å². The van der Waals surface area contributed by atoms with E-state index in [1.54, 1.807) is 0 Å². The molecule has 1 saturated carbocycles. The first-order chi connectivity index (χ1) is 9.40. The topological polar surface area (TPSA) is 66.4 Å². The van der Waals surface area contributed by atoms with Crippen LogP contribution in [-0.4, -0.2) is 17.0 Å². The Labute approximate surface area is 112 Å². The Hall–Kier alpha value is -2.05. The molecule has 108 valence electrons. The average Bonchev–Trinajstić information content (AvgIpc) is 2.85. The number of nitrogens with one attached hydrogen (secondary N) is 1. The highest BCUT2D eigenvalue weighted by Gasteiger charge is 2.37. The second-order valence-corrected chi connectivity index (χ2v) is 4.73. The van der Waals surface area contributed by atoms with Crippen LogP contribution < -0.4 is 5.32 Å². The van der Waals surface area contributed by atoms with E-state index < -0.39 is 41.2 Å². The average molecular weight is 287 g/mol. The molecule has 20 heavy (non-hydrogen) atoms. The maximum atomic E-state index is 13.0.